The van der Waals surface area contributed by atoms with Crippen molar-refractivity contribution in [2.45, 2.75) is 6.54 Å². The van der Waals surface area contributed by atoms with Gasteiger partial charge in [0.25, 0.3) is 5.91 Å². The van der Waals surface area contributed by atoms with E-state index in [4.69, 9.17) is 0 Å². The Bertz CT molecular complexity index is 1090. The molecule has 2 aliphatic heterocycles. The van der Waals surface area contributed by atoms with E-state index in [1.165, 1.54) is 30.5 Å². The molecule has 0 aromatic heterocycles. The van der Waals surface area contributed by atoms with Crippen LogP contribution >= 0.6 is 0 Å². The van der Waals surface area contributed by atoms with Crippen molar-refractivity contribution < 1.29 is 18.8 Å². The second-order valence-corrected chi connectivity index (χ2v) is 6.42. The molecule has 0 fully saturated rings. The number of urea groups is 1. The Balaban J connectivity index is 1.44. The molecule has 2 aromatic rings. The van der Waals surface area contributed by atoms with Gasteiger partial charge in [-0.25, -0.2) is 19.1 Å². The van der Waals surface area contributed by atoms with E-state index in [2.05, 4.69) is 15.3 Å². The van der Waals surface area contributed by atoms with Crippen LogP contribution in [-0.2, 0) is 16.1 Å². The molecule has 0 spiro atoms. The van der Waals surface area contributed by atoms with E-state index in [-0.39, 0.29) is 23.8 Å². The number of hydrogen-bond acceptors (Lipinski definition) is 4. The fourth-order valence-corrected chi connectivity index (χ4v) is 2.99. The van der Waals surface area contributed by atoms with Crippen LogP contribution in [0, 0.1) is 5.82 Å². The number of carbonyl (C=O) groups is 3. The van der Waals surface area contributed by atoms with Crippen molar-refractivity contribution in [3.63, 3.8) is 0 Å². The normalized spacial score (nSPS) is 15.5. The van der Waals surface area contributed by atoms with Crippen molar-refractivity contribution in [3.05, 3.63) is 77.7 Å². The third kappa shape index (κ3) is 3.73. The van der Waals surface area contributed by atoms with Gasteiger partial charge in [-0.2, -0.15) is 4.99 Å². The van der Waals surface area contributed by atoms with Crippen molar-refractivity contribution in [3.8, 4) is 0 Å². The lowest BCUT2D eigenvalue weighted by Gasteiger charge is -2.23. The Hall–Kier alpha value is -3.94. The molecule has 2 heterocycles. The Morgan fingerprint density at radius 3 is 2.45 bits per heavy atom. The molecule has 8 heteroatoms. The average molecular weight is 390 g/mol. The van der Waals surface area contributed by atoms with Crippen LogP contribution in [0.3, 0.4) is 0 Å². The summed E-state index contributed by atoms with van der Waals surface area (Å²) >= 11 is 0. The molecule has 1 N–H and O–H groups in total. The minimum absolute atomic E-state index is 0.0368. The largest absolute Gasteiger partial charge is 0.351 e. The van der Waals surface area contributed by atoms with Crippen molar-refractivity contribution in [2.75, 3.05) is 6.54 Å². The molecule has 0 atom stereocenters. The number of fused-ring (bicyclic) bond motifs is 1. The molecule has 0 aliphatic carbocycles. The predicted octanol–water partition coefficient (Wildman–Crippen LogP) is 2.34. The molecule has 0 radical (unpaired) electrons. The van der Waals surface area contributed by atoms with E-state index in [1.807, 2.05) is 30.3 Å². The van der Waals surface area contributed by atoms with Crippen LogP contribution in [0.25, 0.3) is 5.57 Å². The summed E-state index contributed by atoms with van der Waals surface area (Å²) in [5.41, 5.74) is 2.32. The zero-order chi connectivity index (χ0) is 20.4. The fourth-order valence-electron chi connectivity index (χ4n) is 2.99. The van der Waals surface area contributed by atoms with E-state index < -0.39 is 24.4 Å². The summed E-state index contributed by atoms with van der Waals surface area (Å²) in [5, 5.41) is 2.59. The number of allylic oxidation sites excluding steroid dienone is 1. The van der Waals surface area contributed by atoms with Gasteiger partial charge in [-0.1, -0.05) is 42.5 Å². The summed E-state index contributed by atoms with van der Waals surface area (Å²) in [6.45, 7) is -0.333. The topological polar surface area (TPSA) is 91.2 Å². The van der Waals surface area contributed by atoms with Crippen LogP contribution in [0.5, 0.6) is 0 Å². The van der Waals surface area contributed by atoms with Crippen LogP contribution in [0.2, 0.25) is 0 Å². The second-order valence-electron chi connectivity index (χ2n) is 6.42. The SMILES string of the molecule is O=C(CN1C(=O)N=C2C(c3ccccc3)=CN=C2C1=O)NCc1ccc(F)cc1. The zero-order valence-corrected chi connectivity index (χ0v) is 15.1. The molecule has 4 amide bonds. The van der Waals surface area contributed by atoms with Gasteiger partial charge in [-0.15, -0.1) is 0 Å². The third-order valence-corrected chi connectivity index (χ3v) is 4.48. The highest BCUT2D eigenvalue weighted by molar-refractivity contribution is 6.78. The fraction of sp³-hybridized carbons (Fsp3) is 0.0952. The zero-order valence-electron chi connectivity index (χ0n) is 15.1. The van der Waals surface area contributed by atoms with Crippen molar-refractivity contribution >= 4 is 34.8 Å². The molecular weight excluding hydrogens is 375 g/mol. The van der Waals surface area contributed by atoms with E-state index >= 15 is 0 Å². The number of hydrogen-bond donors (Lipinski definition) is 1. The van der Waals surface area contributed by atoms with Gasteiger partial charge >= 0.3 is 6.03 Å². The first-order valence-electron chi connectivity index (χ1n) is 8.83. The van der Waals surface area contributed by atoms with Gasteiger partial charge < -0.3 is 5.32 Å². The third-order valence-electron chi connectivity index (χ3n) is 4.48. The number of imide groups is 1. The number of aliphatic imine (C=N–C) groups is 2. The summed E-state index contributed by atoms with van der Waals surface area (Å²) in [4.78, 5) is 46.1. The summed E-state index contributed by atoms with van der Waals surface area (Å²) < 4.78 is 12.9. The lowest BCUT2D eigenvalue weighted by molar-refractivity contribution is -0.128. The predicted molar refractivity (Wildman–Crippen MR) is 105 cm³/mol. The summed E-state index contributed by atoms with van der Waals surface area (Å²) in [5.74, 6) is -1.58. The standard InChI is InChI=1S/C21H15FN4O3/c22-15-8-6-13(7-9-15)10-23-17(27)12-26-20(28)19-18(25-21(26)29)16(11-24-19)14-4-2-1-3-5-14/h1-9,11H,10,12H2,(H,23,27). The number of nitrogens with zero attached hydrogens (tertiary/aromatic N) is 3. The number of rotatable bonds is 5. The van der Waals surface area contributed by atoms with Gasteiger partial charge in [-0.05, 0) is 23.3 Å². The maximum atomic E-state index is 12.9. The van der Waals surface area contributed by atoms with Gasteiger partial charge in [0.2, 0.25) is 5.91 Å². The van der Waals surface area contributed by atoms with Gasteiger partial charge in [0, 0.05) is 18.3 Å². The smallest absolute Gasteiger partial charge is 0.350 e. The van der Waals surface area contributed by atoms with Gasteiger partial charge in [0.1, 0.15) is 18.1 Å². The first-order valence-corrected chi connectivity index (χ1v) is 8.83. The lowest BCUT2D eigenvalue weighted by Crippen LogP contribution is -2.50. The van der Waals surface area contributed by atoms with Crippen molar-refractivity contribution in [1.29, 1.82) is 0 Å². The maximum Gasteiger partial charge on any atom is 0.351 e. The maximum absolute atomic E-state index is 12.9. The minimum atomic E-state index is -0.815. The Kier molecular flexibility index (Phi) is 4.82. The molecule has 0 saturated carbocycles. The summed E-state index contributed by atoms with van der Waals surface area (Å²) in [7, 11) is 0. The highest BCUT2D eigenvalue weighted by atomic mass is 19.1. The molecule has 2 aliphatic rings. The van der Waals surface area contributed by atoms with Crippen LogP contribution in [-0.4, -0.2) is 40.7 Å². The summed E-state index contributed by atoms with van der Waals surface area (Å²) in [6.07, 6.45) is 1.49. The van der Waals surface area contributed by atoms with Crippen molar-refractivity contribution in [2.24, 2.45) is 9.98 Å². The van der Waals surface area contributed by atoms with E-state index in [0.717, 1.165) is 10.5 Å². The highest BCUT2D eigenvalue weighted by Gasteiger charge is 2.38. The Labute approximate surface area is 165 Å². The monoisotopic (exact) mass is 390 g/mol. The van der Waals surface area contributed by atoms with E-state index in [0.29, 0.717) is 11.1 Å². The van der Waals surface area contributed by atoms with Crippen LogP contribution < -0.4 is 5.32 Å². The van der Waals surface area contributed by atoms with Crippen LogP contribution in [0.1, 0.15) is 11.1 Å². The molecular formula is C21H15FN4O3. The molecule has 29 heavy (non-hydrogen) atoms. The molecule has 0 bridgehead atoms. The molecule has 2 aromatic carbocycles. The number of benzene rings is 2. The second kappa shape index (κ2) is 7.59. The van der Waals surface area contributed by atoms with Crippen molar-refractivity contribution in [1.82, 2.24) is 10.2 Å². The quantitative estimate of drug-likeness (QED) is 0.850. The number of nitrogens with one attached hydrogen (secondary N) is 1. The highest BCUT2D eigenvalue weighted by Crippen LogP contribution is 2.25. The molecule has 144 valence electrons. The Morgan fingerprint density at radius 1 is 1.00 bits per heavy atom. The first-order chi connectivity index (χ1) is 14.0. The van der Waals surface area contributed by atoms with Crippen LogP contribution in [0.15, 0.2) is 70.8 Å². The Morgan fingerprint density at radius 2 is 1.72 bits per heavy atom. The van der Waals surface area contributed by atoms with E-state index in [1.54, 1.807) is 0 Å². The molecule has 7 nitrogen and oxygen atoms in total. The number of carbonyl (C=O) groups excluding carboxylic acids is 3. The minimum Gasteiger partial charge on any atom is -0.350 e. The van der Waals surface area contributed by atoms with Gasteiger partial charge in [0.15, 0.2) is 5.71 Å². The van der Waals surface area contributed by atoms with E-state index in [9.17, 15) is 18.8 Å². The lowest BCUT2D eigenvalue weighted by atomic mass is 9.99. The van der Waals surface area contributed by atoms with Crippen LogP contribution in [0.4, 0.5) is 9.18 Å². The average Bonchev–Trinajstić information content (AvgIpc) is 3.15. The summed E-state index contributed by atoms with van der Waals surface area (Å²) in [6, 6.07) is 14.0. The van der Waals surface area contributed by atoms with Gasteiger partial charge in [-0.3, -0.25) is 9.59 Å². The molecule has 0 unspecified atom stereocenters. The molecule has 4 rings (SSSR count). The number of halogens is 1. The molecule has 0 saturated heterocycles. The first kappa shape index (κ1) is 18.4. The van der Waals surface area contributed by atoms with Gasteiger partial charge in [0.05, 0.1) is 0 Å². The number of amides is 4.